The zero-order valence-corrected chi connectivity index (χ0v) is 15.2. The maximum Gasteiger partial charge on any atom is 0.243 e. The van der Waals surface area contributed by atoms with Gasteiger partial charge in [0, 0.05) is 0 Å². The van der Waals surface area contributed by atoms with Gasteiger partial charge in [-0.1, -0.05) is 24.8 Å². The summed E-state index contributed by atoms with van der Waals surface area (Å²) in [6, 6.07) is 14.1. The summed E-state index contributed by atoms with van der Waals surface area (Å²) in [6.45, 7) is 9.11. The third-order valence-corrected chi connectivity index (χ3v) is 4.12. The molecule has 1 N–H and O–H groups in total. The molecule has 0 fully saturated rings. The van der Waals surface area contributed by atoms with E-state index in [4.69, 9.17) is 4.74 Å². The van der Waals surface area contributed by atoms with Crippen molar-refractivity contribution in [3.8, 4) is 5.75 Å². The highest BCUT2D eigenvalue weighted by molar-refractivity contribution is 5.86. The number of aromatic nitrogens is 2. The van der Waals surface area contributed by atoms with Gasteiger partial charge in [-0.25, -0.2) is 4.98 Å². The number of fused-ring (bicyclic) bond motifs is 1. The first-order chi connectivity index (χ1) is 12.6. The van der Waals surface area contributed by atoms with E-state index in [0.29, 0.717) is 19.7 Å². The van der Waals surface area contributed by atoms with Crippen LogP contribution in [-0.2, 0) is 17.9 Å². The summed E-state index contributed by atoms with van der Waals surface area (Å²) in [5, 5.41) is 2.79. The number of aryl methyl sites for hydroxylation is 2. The molecule has 134 valence electrons. The SMILES string of the molecule is C=CC(=O)NCc1nc2ccccc2n1CCOc1cc(C)cc(C)c1. The molecule has 2 aromatic carbocycles. The highest BCUT2D eigenvalue weighted by Gasteiger charge is 2.11. The van der Waals surface area contributed by atoms with Crippen LogP contribution < -0.4 is 10.1 Å². The Hall–Kier alpha value is -3.08. The van der Waals surface area contributed by atoms with E-state index in [1.54, 1.807) is 0 Å². The van der Waals surface area contributed by atoms with E-state index in [1.165, 1.54) is 17.2 Å². The monoisotopic (exact) mass is 349 g/mol. The van der Waals surface area contributed by atoms with Crippen LogP contribution >= 0.6 is 0 Å². The molecule has 3 aromatic rings. The number of nitrogens with zero attached hydrogens (tertiary/aromatic N) is 2. The van der Waals surface area contributed by atoms with Gasteiger partial charge in [0.1, 0.15) is 18.2 Å². The fourth-order valence-electron chi connectivity index (χ4n) is 3.02. The van der Waals surface area contributed by atoms with Crippen LogP contribution in [-0.4, -0.2) is 22.1 Å². The van der Waals surface area contributed by atoms with Crippen LogP contribution in [0.1, 0.15) is 17.0 Å². The first-order valence-corrected chi connectivity index (χ1v) is 8.62. The van der Waals surface area contributed by atoms with Crippen molar-refractivity contribution in [1.82, 2.24) is 14.9 Å². The minimum absolute atomic E-state index is 0.213. The fourth-order valence-corrected chi connectivity index (χ4v) is 3.02. The molecule has 0 unspecified atom stereocenters. The van der Waals surface area contributed by atoms with E-state index in [0.717, 1.165) is 22.6 Å². The molecular formula is C21H23N3O2. The maximum absolute atomic E-state index is 11.5. The Labute approximate surface area is 153 Å². The van der Waals surface area contributed by atoms with Crippen LogP contribution in [0.4, 0.5) is 0 Å². The van der Waals surface area contributed by atoms with Crippen molar-refractivity contribution in [3.63, 3.8) is 0 Å². The molecule has 0 spiro atoms. The second-order valence-electron chi connectivity index (χ2n) is 6.26. The van der Waals surface area contributed by atoms with Crippen LogP contribution in [0.2, 0.25) is 0 Å². The summed E-state index contributed by atoms with van der Waals surface area (Å²) in [5.41, 5.74) is 4.29. The third kappa shape index (κ3) is 4.11. The van der Waals surface area contributed by atoms with Gasteiger partial charge in [-0.05, 0) is 55.3 Å². The number of imidazole rings is 1. The number of benzene rings is 2. The van der Waals surface area contributed by atoms with Crippen molar-refractivity contribution in [2.45, 2.75) is 26.9 Å². The number of hydrogen-bond donors (Lipinski definition) is 1. The average Bonchev–Trinajstić information content (AvgIpc) is 2.96. The number of hydrogen-bond acceptors (Lipinski definition) is 3. The van der Waals surface area contributed by atoms with Gasteiger partial charge in [-0.3, -0.25) is 4.79 Å². The Morgan fingerprint density at radius 3 is 2.69 bits per heavy atom. The lowest BCUT2D eigenvalue weighted by atomic mass is 10.1. The molecule has 5 nitrogen and oxygen atoms in total. The van der Waals surface area contributed by atoms with E-state index in [-0.39, 0.29) is 5.91 Å². The largest absolute Gasteiger partial charge is 0.492 e. The molecule has 0 aliphatic carbocycles. The van der Waals surface area contributed by atoms with E-state index < -0.39 is 0 Å². The van der Waals surface area contributed by atoms with Crippen LogP contribution in [0.15, 0.2) is 55.1 Å². The minimum atomic E-state index is -0.213. The lowest BCUT2D eigenvalue weighted by molar-refractivity contribution is -0.116. The summed E-state index contributed by atoms with van der Waals surface area (Å²) in [7, 11) is 0. The smallest absolute Gasteiger partial charge is 0.243 e. The number of carbonyl (C=O) groups is 1. The second-order valence-corrected chi connectivity index (χ2v) is 6.26. The number of rotatable bonds is 7. The number of ether oxygens (including phenoxy) is 1. The Bertz CT molecular complexity index is 923. The van der Waals surface area contributed by atoms with Gasteiger partial charge in [0.25, 0.3) is 0 Å². The van der Waals surface area contributed by atoms with E-state index >= 15 is 0 Å². The standard InChI is InChI=1S/C21H23N3O2/c1-4-21(25)22-14-20-23-18-7-5-6-8-19(18)24(20)9-10-26-17-12-15(2)11-16(3)13-17/h4-8,11-13H,1,9-10,14H2,2-3H3,(H,22,25). The molecule has 0 bridgehead atoms. The Morgan fingerprint density at radius 2 is 1.96 bits per heavy atom. The van der Waals surface area contributed by atoms with Crippen LogP contribution in [0.3, 0.4) is 0 Å². The molecule has 0 radical (unpaired) electrons. The van der Waals surface area contributed by atoms with Crippen LogP contribution in [0.25, 0.3) is 11.0 Å². The van der Waals surface area contributed by atoms with Crippen molar-refractivity contribution in [2.24, 2.45) is 0 Å². The fraction of sp³-hybridized carbons (Fsp3) is 0.238. The lowest BCUT2D eigenvalue weighted by Gasteiger charge is -2.12. The molecule has 5 heteroatoms. The summed E-state index contributed by atoms with van der Waals surface area (Å²) >= 11 is 0. The quantitative estimate of drug-likeness (QED) is 0.664. The molecule has 3 rings (SSSR count). The summed E-state index contributed by atoms with van der Waals surface area (Å²) < 4.78 is 8.02. The van der Waals surface area contributed by atoms with E-state index in [9.17, 15) is 4.79 Å². The molecule has 1 heterocycles. The first kappa shape index (κ1) is 17.7. The van der Waals surface area contributed by atoms with Gasteiger partial charge < -0.3 is 14.6 Å². The van der Waals surface area contributed by atoms with Crippen molar-refractivity contribution >= 4 is 16.9 Å². The Kier molecular flexibility index (Phi) is 5.37. The van der Waals surface area contributed by atoms with Gasteiger partial charge in [0.05, 0.1) is 24.1 Å². The van der Waals surface area contributed by atoms with Gasteiger partial charge in [-0.15, -0.1) is 0 Å². The molecule has 0 aliphatic heterocycles. The van der Waals surface area contributed by atoms with Crippen molar-refractivity contribution in [2.75, 3.05) is 6.61 Å². The van der Waals surface area contributed by atoms with Gasteiger partial charge in [0.2, 0.25) is 5.91 Å². The number of amides is 1. The van der Waals surface area contributed by atoms with Crippen molar-refractivity contribution in [1.29, 1.82) is 0 Å². The number of carbonyl (C=O) groups excluding carboxylic acids is 1. The Balaban J connectivity index is 1.76. The number of para-hydroxylation sites is 2. The van der Waals surface area contributed by atoms with Crippen molar-refractivity contribution < 1.29 is 9.53 Å². The first-order valence-electron chi connectivity index (χ1n) is 8.62. The predicted octanol–water partition coefficient (Wildman–Crippen LogP) is 3.53. The van der Waals surface area contributed by atoms with Gasteiger partial charge in [0.15, 0.2) is 0 Å². The molecule has 1 amide bonds. The van der Waals surface area contributed by atoms with Crippen molar-refractivity contribution in [3.05, 3.63) is 72.1 Å². The highest BCUT2D eigenvalue weighted by Crippen LogP contribution is 2.18. The van der Waals surface area contributed by atoms with E-state index in [1.807, 2.05) is 36.4 Å². The Morgan fingerprint density at radius 1 is 1.23 bits per heavy atom. The lowest BCUT2D eigenvalue weighted by Crippen LogP contribution is -2.23. The van der Waals surface area contributed by atoms with Crippen LogP contribution in [0, 0.1) is 13.8 Å². The van der Waals surface area contributed by atoms with Gasteiger partial charge in [-0.2, -0.15) is 0 Å². The molecule has 26 heavy (non-hydrogen) atoms. The molecule has 0 saturated carbocycles. The topological polar surface area (TPSA) is 56.2 Å². The van der Waals surface area contributed by atoms with Crippen LogP contribution in [0.5, 0.6) is 5.75 Å². The average molecular weight is 349 g/mol. The zero-order valence-electron chi connectivity index (χ0n) is 15.2. The maximum atomic E-state index is 11.5. The molecular weight excluding hydrogens is 326 g/mol. The summed E-state index contributed by atoms with van der Waals surface area (Å²) in [6.07, 6.45) is 1.26. The minimum Gasteiger partial charge on any atom is -0.492 e. The molecule has 0 atom stereocenters. The zero-order chi connectivity index (χ0) is 18.5. The molecule has 0 saturated heterocycles. The highest BCUT2D eigenvalue weighted by atomic mass is 16.5. The third-order valence-electron chi connectivity index (χ3n) is 4.12. The van der Waals surface area contributed by atoms with Gasteiger partial charge >= 0.3 is 0 Å². The molecule has 0 aliphatic rings. The second kappa shape index (κ2) is 7.87. The van der Waals surface area contributed by atoms with E-state index in [2.05, 4.69) is 41.4 Å². The predicted molar refractivity (Wildman–Crippen MR) is 103 cm³/mol. The molecule has 1 aromatic heterocycles. The number of nitrogens with one attached hydrogen (secondary N) is 1. The summed E-state index contributed by atoms with van der Waals surface area (Å²) in [4.78, 5) is 16.1. The summed E-state index contributed by atoms with van der Waals surface area (Å²) in [5.74, 6) is 1.45. The normalized spacial score (nSPS) is 10.7.